The molecule has 0 aromatic carbocycles. The van der Waals surface area contributed by atoms with Crippen LogP contribution in [-0.2, 0) is 9.53 Å². The maximum absolute atomic E-state index is 11.2. The number of methoxy groups -OCH3 is 1. The summed E-state index contributed by atoms with van der Waals surface area (Å²) >= 11 is 0. The van der Waals surface area contributed by atoms with Crippen LogP contribution in [0.15, 0.2) is 0 Å². The highest BCUT2D eigenvalue weighted by Gasteiger charge is 2.37. The first-order valence-corrected chi connectivity index (χ1v) is 4.38. The Morgan fingerprint density at radius 3 is 2.67 bits per heavy atom. The van der Waals surface area contributed by atoms with Crippen LogP contribution in [0.5, 0.6) is 0 Å². The summed E-state index contributed by atoms with van der Waals surface area (Å²) in [5.74, 6) is -0.00868. The molecule has 0 spiro atoms. The molecular formula is C9H17NO2. The molecule has 0 bridgehead atoms. The molecule has 3 nitrogen and oxygen atoms in total. The van der Waals surface area contributed by atoms with Crippen molar-refractivity contribution in [2.75, 3.05) is 13.7 Å². The van der Waals surface area contributed by atoms with E-state index in [1.165, 1.54) is 12.8 Å². The quantitative estimate of drug-likeness (QED) is 0.683. The lowest BCUT2D eigenvalue weighted by molar-refractivity contribution is -0.130. The number of carbonyl (C=O) groups excluding carboxylic acids is 1. The molecule has 1 saturated carbocycles. The van der Waals surface area contributed by atoms with Gasteiger partial charge in [0.15, 0.2) is 0 Å². The van der Waals surface area contributed by atoms with Gasteiger partial charge in [0.2, 0.25) is 5.91 Å². The SMILES string of the molecule is COC(C)C(=O)NCC1(C)CC1. The van der Waals surface area contributed by atoms with Gasteiger partial charge >= 0.3 is 0 Å². The van der Waals surface area contributed by atoms with Crippen molar-refractivity contribution in [3.63, 3.8) is 0 Å². The first-order valence-electron chi connectivity index (χ1n) is 4.38. The minimum atomic E-state index is -0.327. The fourth-order valence-electron chi connectivity index (χ4n) is 0.941. The molecule has 1 N–H and O–H groups in total. The van der Waals surface area contributed by atoms with E-state index in [1.54, 1.807) is 14.0 Å². The summed E-state index contributed by atoms with van der Waals surface area (Å²) in [6.45, 7) is 4.73. The third-order valence-electron chi connectivity index (χ3n) is 2.52. The van der Waals surface area contributed by atoms with Crippen LogP contribution < -0.4 is 5.32 Å². The number of hydrogen-bond acceptors (Lipinski definition) is 2. The van der Waals surface area contributed by atoms with Crippen molar-refractivity contribution < 1.29 is 9.53 Å². The molecule has 1 rings (SSSR count). The highest BCUT2D eigenvalue weighted by molar-refractivity contribution is 5.80. The summed E-state index contributed by atoms with van der Waals surface area (Å²) in [6, 6.07) is 0. The molecule has 1 fully saturated rings. The summed E-state index contributed by atoms with van der Waals surface area (Å²) in [6.07, 6.45) is 2.14. The minimum absolute atomic E-state index is 0.00868. The molecule has 1 amide bonds. The normalized spacial score (nSPS) is 21.6. The average Bonchev–Trinajstić information content (AvgIpc) is 2.79. The van der Waals surface area contributed by atoms with E-state index >= 15 is 0 Å². The molecule has 70 valence electrons. The van der Waals surface area contributed by atoms with Gasteiger partial charge in [-0.2, -0.15) is 0 Å². The fourth-order valence-corrected chi connectivity index (χ4v) is 0.941. The Bertz CT molecular complexity index is 175. The van der Waals surface area contributed by atoms with Gasteiger partial charge in [0.1, 0.15) is 6.10 Å². The first kappa shape index (κ1) is 9.52. The van der Waals surface area contributed by atoms with Crippen LogP contribution in [0.4, 0.5) is 0 Å². The Labute approximate surface area is 73.5 Å². The molecule has 1 atom stereocenters. The number of ether oxygens (including phenoxy) is 1. The highest BCUT2D eigenvalue weighted by atomic mass is 16.5. The molecule has 1 unspecified atom stereocenters. The van der Waals surface area contributed by atoms with Gasteiger partial charge in [-0.05, 0) is 25.2 Å². The van der Waals surface area contributed by atoms with Gasteiger partial charge in [-0.15, -0.1) is 0 Å². The van der Waals surface area contributed by atoms with Crippen LogP contribution in [0.25, 0.3) is 0 Å². The lowest BCUT2D eigenvalue weighted by atomic mass is 10.1. The van der Waals surface area contributed by atoms with Crippen molar-refractivity contribution in [2.45, 2.75) is 32.8 Å². The second kappa shape index (κ2) is 3.44. The zero-order chi connectivity index (χ0) is 9.19. The Morgan fingerprint density at radius 2 is 2.25 bits per heavy atom. The summed E-state index contributed by atoms with van der Waals surface area (Å²) < 4.78 is 4.89. The summed E-state index contributed by atoms with van der Waals surface area (Å²) in [7, 11) is 1.54. The second-order valence-electron chi connectivity index (χ2n) is 3.91. The topological polar surface area (TPSA) is 38.3 Å². The van der Waals surface area contributed by atoms with E-state index in [0.717, 1.165) is 6.54 Å². The van der Waals surface area contributed by atoms with Crippen LogP contribution >= 0.6 is 0 Å². The average molecular weight is 171 g/mol. The standard InChI is InChI=1S/C9H17NO2/c1-7(12-3)8(11)10-6-9(2)4-5-9/h7H,4-6H2,1-3H3,(H,10,11). The Balaban J connectivity index is 2.18. The third-order valence-corrected chi connectivity index (χ3v) is 2.52. The molecule has 12 heavy (non-hydrogen) atoms. The molecule has 0 heterocycles. The molecule has 1 aliphatic carbocycles. The van der Waals surface area contributed by atoms with E-state index in [0.29, 0.717) is 5.41 Å². The lowest BCUT2D eigenvalue weighted by Crippen LogP contribution is -2.36. The van der Waals surface area contributed by atoms with Gasteiger partial charge in [-0.1, -0.05) is 6.92 Å². The summed E-state index contributed by atoms with van der Waals surface area (Å²) in [4.78, 5) is 11.2. The van der Waals surface area contributed by atoms with Crippen molar-refractivity contribution in [3.8, 4) is 0 Å². The van der Waals surface area contributed by atoms with Gasteiger partial charge in [0.25, 0.3) is 0 Å². The molecule has 1 aliphatic rings. The molecular weight excluding hydrogens is 154 g/mol. The van der Waals surface area contributed by atoms with E-state index in [4.69, 9.17) is 4.74 Å². The Hall–Kier alpha value is -0.570. The fraction of sp³-hybridized carbons (Fsp3) is 0.889. The molecule has 0 aromatic rings. The minimum Gasteiger partial charge on any atom is -0.372 e. The number of nitrogens with one attached hydrogen (secondary N) is 1. The van der Waals surface area contributed by atoms with E-state index in [-0.39, 0.29) is 12.0 Å². The van der Waals surface area contributed by atoms with E-state index < -0.39 is 0 Å². The summed E-state index contributed by atoms with van der Waals surface area (Å²) in [5, 5.41) is 2.87. The Kier molecular flexibility index (Phi) is 2.73. The van der Waals surface area contributed by atoms with Crippen molar-refractivity contribution in [1.82, 2.24) is 5.32 Å². The first-order chi connectivity index (χ1) is 5.57. The number of hydrogen-bond donors (Lipinski definition) is 1. The van der Waals surface area contributed by atoms with Gasteiger partial charge < -0.3 is 10.1 Å². The van der Waals surface area contributed by atoms with Gasteiger partial charge in [0.05, 0.1) is 0 Å². The van der Waals surface area contributed by atoms with Crippen LogP contribution in [0.2, 0.25) is 0 Å². The van der Waals surface area contributed by atoms with E-state index in [1.807, 2.05) is 0 Å². The number of carbonyl (C=O) groups is 1. The zero-order valence-corrected chi connectivity index (χ0v) is 8.02. The monoisotopic (exact) mass is 171 g/mol. The third kappa shape index (κ3) is 2.48. The maximum Gasteiger partial charge on any atom is 0.248 e. The smallest absolute Gasteiger partial charge is 0.248 e. The van der Waals surface area contributed by atoms with Crippen molar-refractivity contribution in [3.05, 3.63) is 0 Å². The van der Waals surface area contributed by atoms with Crippen LogP contribution in [0.3, 0.4) is 0 Å². The predicted molar refractivity (Wildman–Crippen MR) is 46.8 cm³/mol. The van der Waals surface area contributed by atoms with Crippen molar-refractivity contribution in [2.24, 2.45) is 5.41 Å². The predicted octanol–water partition coefficient (Wildman–Crippen LogP) is 0.938. The number of amides is 1. The zero-order valence-electron chi connectivity index (χ0n) is 8.02. The van der Waals surface area contributed by atoms with Gasteiger partial charge in [-0.25, -0.2) is 0 Å². The molecule has 3 heteroatoms. The van der Waals surface area contributed by atoms with E-state index in [2.05, 4.69) is 12.2 Å². The summed E-state index contributed by atoms with van der Waals surface area (Å²) in [5.41, 5.74) is 0.378. The second-order valence-corrected chi connectivity index (χ2v) is 3.91. The molecule has 0 aromatic heterocycles. The van der Waals surface area contributed by atoms with Crippen LogP contribution in [-0.4, -0.2) is 25.7 Å². The lowest BCUT2D eigenvalue weighted by Gasteiger charge is -2.13. The van der Waals surface area contributed by atoms with Crippen molar-refractivity contribution >= 4 is 5.91 Å². The Morgan fingerprint density at radius 1 is 1.67 bits per heavy atom. The van der Waals surface area contributed by atoms with Gasteiger partial charge in [-0.3, -0.25) is 4.79 Å². The van der Waals surface area contributed by atoms with Gasteiger partial charge in [0, 0.05) is 13.7 Å². The molecule has 0 saturated heterocycles. The van der Waals surface area contributed by atoms with Crippen LogP contribution in [0.1, 0.15) is 26.7 Å². The highest BCUT2D eigenvalue weighted by Crippen LogP contribution is 2.43. The van der Waals surface area contributed by atoms with Crippen molar-refractivity contribution in [1.29, 1.82) is 0 Å². The van der Waals surface area contributed by atoms with E-state index in [9.17, 15) is 4.79 Å². The number of rotatable bonds is 4. The molecule has 0 aliphatic heterocycles. The van der Waals surface area contributed by atoms with Crippen LogP contribution in [0, 0.1) is 5.41 Å². The largest absolute Gasteiger partial charge is 0.372 e. The maximum atomic E-state index is 11.2. The molecule has 0 radical (unpaired) electrons.